The quantitative estimate of drug-likeness (QED) is 0.758. The van der Waals surface area contributed by atoms with Gasteiger partial charge in [0, 0.05) is 13.0 Å². The summed E-state index contributed by atoms with van der Waals surface area (Å²) in [6.45, 7) is 4.89. The lowest BCUT2D eigenvalue weighted by Gasteiger charge is -2.06. The Bertz CT molecular complexity index is 427. The van der Waals surface area contributed by atoms with Crippen molar-refractivity contribution < 1.29 is 4.79 Å². The van der Waals surface area contributed by atoms with Crippen molar-refractivity contribution in [3.8, 4) is 0 Å². The molecule has 1 heterocycles. The molecule has 0 aliphatic heterocycles. The van der Waals surface area contributed by atoms with E-state index in [1.807, 2.05) is 0 Å². The summed E-state index contributed by atoms with van der Waals surface area (Å²) in [7, 11) is 0. The van der Waals surface area contributed by atoms with Gasteiger partial charge in [-0.25, -0.2) is 4.98 Å². The molecule has 1 fully saturated rings. The van der Waals surface area contributed by atoms with Gasteiger partial charge in [0.15, 0.2) is 0 Å². The SMILES string of the molecule is CC(C)CNC(=O)CSc1n[nH]c(CC2CCCC2)n1. The summed E-state index contributed by atoms with van der Waals surface area (Å²) in [6, 6.07) is 0. The molecular weight excluding hydrogens is 272 g/mol. The van der Waals surface area contributed by atoms with Crippen LogP contribution in [0.5, 0.6) is 0 Å². The van der Waals surface area contributed by atoms with Gasteiger partial charge in [-0.1, -0.05) is 51.3 Å². The van der Waals surface area contributed by atoms with Gasteiger partial charge in [0.05, 0.1) is 5.75 Å². The van der Waals surface area contributed by atoms with E-state index in [9.17, 15) is 4.79 Å². The van der Waals surface area contributed by atoms with E-state index in [0.29, 0.717) is 16.8 Å². The molecule has 0 spiro atoms. The maximum Gasteiger partial charge on any atom is 0.230 e. The van der Waals surface area contributed by atoms with Crippen LogP contribution in [0.25, 0.3) is 0 Å². The van der Waals surface area contributed by atoms with Crippen molar-refractivity contribution in [2.75, 3.05) is 12.3 Å². The predicted octanol–water partition coefficient (Wildman–Crippen LogP) is 2.40. The zero-order valence-corrected chi connectivity index (χ0v) is 13.1. The van der Waals surface area contributed by atoms with Crippen LogP contribution in [-0.2, 0) is 11.2 Å². The van der Waals surface area contributed by atoms with Crippen LogP contribution < -0.4 is 5.32 Å². The van der Waals surface area contributed by atoms with Gasteiger partial charge in [0.25, 0.3) is 0 Å². The highest BCUT2D eigenvalue weighted by Gasteiger charge is 2.17. The minimum atomic E-state index is 0.0471. The highest BCUT2D eigenvalue weighted by Crippen LogP contribution is 2.27. The van der Waals surface area contributed by atoms with E-state index in [1.165, 1.54) is 37.4 Å². The molecule has 6 heteroatoms. The third-order valence-corrected chi connectivity index (χ3v) is 4.36. The number of rotatable bonds is 7. The van der Waals surface area contributed by atoms with Gasteiger partial charge in [-0.2, -0.15) is 0 Å². The van der Waals surface area contributed by atoms with Crippen LogP contribution in [0.1, 0.15) is 45.4 Å². The monoisotopic (exact) mass is 296 g/mol. The average molecular weight is 296 g/mol. The summed E-state index contributed by atoms with van der Waals surface area (Å²) in [5, 5.41) is 10.7. The predicted molar refractivity (Wildman–Crippen MR) is 80.6 cm³/mol. The van der Waals surface area contributed by atoms with Crippen molar-refractivity contribution in [3.05, 3.63) is 5.82 Å². The lowest BCUT2D eigenvalue weighted by molar-refractivity contribution is -0.118. The van der Waals surface area contributed by atoms with Gasteiger partial charge in [0.1, 0.15) is 5.82 Å². The van der Waals surface area contributed by atoms with Crippen molar-refractivity contribution in [2.24, 2.45) is 11.8 Å². The molecule has 1 saturated carbocycles. The molecule has 2 N–H and O–H groups in total. The van der Waals surface area contributed by atoms with Crippen molar-refractivity contribution in [1.82, 2.24) is 20.5 Å². The number of hydrogen-bond donors (Lipinski definition) is 2. The fraction of sp³-hybridized carbons (Fsp3) is 0.786. The second kappa shape index (κ2) is 7.67. The molecule has 0 bridgehead atoms. The number of amides is 1. The molecule has 0 atom stereocenters. The molecule has 0 aromatic carbocycles. The first-order valence-electron chi connectivity index (χ1n) is 7.44. The van der Waals surface area contributed by atoms with Crippen LogP contribution in [0.3, 0.4) is 0 Å². The van der Waals surface area contributed by atoms with Crippen LogP contribution in [0.4, 0.5) is 0 Å². The molecule has 1 amide bonds. The van der Waals surface area contributed by atoms with Crippen molar-refractivity contribution in [3.63, 3.8) is 0 Å². The molecule has 112 valence electrons. The first kappa shape index (κ1) is 15.4. The molecular formula is C14H24N4OS. The van der Waals surface area contributed by atoms with Crippen molar-refractivity contribution >= 4 is 17.7 Å². The normalized spacial score (nSPS) is 15.9. The molecule has 1 aromatic rings. The van der Waals surface area contributed by atoms with Gasteiger partial charge in [-0.3, -0.25) is 9.89 Å². The van der Waals surface area contributed by atoms with Crippen molar-refractivity contribution in [1.29, 1.82) is 0 Å². The average Bonchev–Trinajstić information content (AvgIpc) is 3.06. The summed E-state index contributed by atoms with van der Waals surface area (Å²) in [5.74, 6) is 2.63. The Morgan fingerprint density at radius 3 is 2.90 bits per heavy atom. The summed E-state index contributed by atoms with van der Waals surface area (Å²) < 4.78 is 0. The van der Waals surface area contributed by atoms with Crippen LogP contribution in [0.2, 0.25) is 0 Å². The first-order valence-corrected chi connectivity index (χ1v) is 8.43. The maximum absolute atomic E-state index is 11.6. The number of nitrogens with zero attached hydrogens (tertiary/aromatic N) is 2. The molecule has 1 aromatic heterocycles. The van der Waals surface area contributed by atoms with Gasteiger partial charge in [-0.15, -0.1) is 5.10 Å². The summed E-state index contributed by atoms with van der Waals surface area (Å²) in [5.41, 5.74) is 0. The summed E-state index contributed by atoms with van der Waals surface area (Å²) >= 11 is 1.39. The number of H-pyrrole nitrogens is 1. The Morgan fingerprint density at radius 2 is 2.20 bits per heavy atom. The van der Waals surface area contributed by atoms with Gasteiger partial charge < -0.3 is 5.32 Å². The highest BCUT2D eigenvalue weighted by atomic mass is 32.2. The van der Waals surface area contributed by atoms with E-state index >= 15 is 0 Å². The molecule has 20 heavy (non-hydrogen) atoms. The molecule has 0 radical (unpaired) electrons. The Hall–Kier alpha value is -1.04. The molecule has 1 aliphatic rings. The van der Waals surface area contributed by atoms with E-state index < -0.39 is 0 Å². The second-order valence-electron chi connectivity index (χ2n) is 5.91. The largest absolute Gasteiger partial charge is 0.355 e. The third-order valence-electron chi connectivity index (χ3n) is 3.51. The van der Waals surface area contributed by atoms with E-state index in [2.05, 4.69) is 34.3 Å². The number of aromatic nitrogens is 3. The number of nitrogens with one attached hydrogen (secondary N) is 2. The van der Waals surface area contributed by atoms with Crippen LogP contribution in [0.15, 0.2) is 5.16 Å². The zero-order chi connectivity index (χ0) is 14.4. The lowest BCUT2D eigenvalue weighted by Crippen LogP contribution is -2.28. The highest BCUT2D eigenvalue weighted by molar-refractivity contribution is 7.99. The van der Waals surface area contributed by atoms with Gasteiger partial charge in [-0.05, 0) is 11.8 Å². The molecule has 2 rings (SSSR count). The molecule has 0 saturated heterocycles. The Labute approximate surface area is 124 Å². The zero-order valence-electron chi connectivity index (χ0n) is 12.3. The minimum Gasteiger partial charge on any atom is -0.355 e. The Morgan fingerprint density at radius 1 is 1.45 bits per heavy atom. The molecule has 0 unspecified atom stereocenters. The number of aromatic amines is 1. The topological polar surface area (TPSA) is 70.7 Å². The smallest absolute Gasteiger partial charge is 0.230 e. The number of thioether (sulfide) groups is 1. The Balaban J connectivity index is 1.70. The van der Waals surface area contributed by atoms with Crippen molar-refractivity contribution in [2.45, 2.75) is 51.1 Å². The minimum absolute atomic E-state index is 0.0471. The van der Waals surface area contributed by atoms with Crippen LogP contribution in [0, 0.1) is 11.8 Å². The second-order valence-corrected chi connectivity index (χ2v) is 6.85. The maximum atomic E-state index is 11.6. The Kier molecular flexibility index (Phi) is 5.88. The number of carbonyl (C=O) groups is 1. The van der Waals surface area contributed by atoms with E-state index in [0.717, 1.165) is 24.7 Å². The van der Waals surface area contributed by atoms with E-state index in [-0.39, 0.29) is 5.91 Å². The first-order chi connectivity index (χ1) is 9.63. The number of carbonyl (C=O) groups excluding carboxylic acids is 1. The van der Waals surface area contributed by atoms with Crippen LogP contribution in [-0.4, -0.2) is 33.4 Å². The number of hydrogen-bond acceptors (Lipinski definition) is 4. The lowest BCUT2D eigenvalue weighted by atomic mass is 10.0. The summed E-state index contributed by atoms with van der Waals surface area (Å²) in [6.07, 6.45) is 6.29. The van der Waals surface area contributed by atoms with Crippen LogP contribution >= 0.6 is 11.8 Å². The molecule has 5 nitrogen and oxygen atoms in total. The van der Waals surface area contributed by atoms with E-state index in [4.69, 9.17) is 0 Å². The summed E-state index contributed by atoms with van der Waals surface area (Å²) in [4.78, 5) is 16.1. The molecule has 1 aliphatic carbocycles. The standard InChI is InChI=1S/C14H24N4OS/c1-10(2)8-15-13(19)9-20-14-16-12(17-18-14)7-11-5-3-4-6-11/h10-11H,3-9H2,1-2H3,(H,15,19)(H,16,17,18). The fourth-order valence-electron chi connectivity index (χ4n) is 2.42. The van der Waals surface area contributed by atoms with Gasteiger partial charge in [0.2, 0.25) is 11.1 Å². The third kappa shape index (κ3) is 5.15. The van der Waals surface area contributed by atoms with E-state index in [1.54, 1.807) is 0 Å². The van der Waals surface area contributed by atoms with Gasteiger partial charge >= 0.3 is 0 Å². The fourth-order valence-corrected chi connectivity index (χ4v) is 3.07.